The van der Waals surface area contributed by atoms with Crippen molar-refractivity contribution < 1.29 is 17.9 Å². The van der Waals surface area contributed by atoms with E-state index in [0.717, 1.165) is 41.3 Å². The summed E-state index contributed by atoms with van der Waals surface area (Å²) in [5, 5.41) is 4.66. The van der Waals surface area contributed by atoms with Crippen LogP contribution in [0.25, 0.3) is 11.4 Å². The van der Waals surface area contributed by atoms with E-state index in [9.17, 15) is 13.2 Å². The topological polar surface area (TPSA) is 43.2 Å². The second kappa shape index (κ2) is 7.27. The molecular formula is C20H19F3N4O. The molecule has 0 unspecified atom stereocenters. The molecule has 1 aliphatic rings. The van der Waals surface area contributed by atoms with Crippen molar-refractivity contribution in [3.8, 4) is 17.1 Å². The Morgan fingerprint density at radius 1 is 1.11 bits per heavy atom. The van der Waals surface area contributed by atoms with Gasteiger partial charge in [0.05, 0.1) is 17.9 Å². The maximum Gasteiger partial charge on any atom is 0.573 e. The van der Waals surface area contributed by atoms with Crippen molar-refractivity contribution in [2.75, 3.05) is 6.54 Å². The van der Waals surface area contributed by atoms with Gasteiger partial charge in [0.2, 0.25) is 0 Å². The van der Waals surface area contributed by atoms with E-state index in [1.807, 2.05) is 29.8 Å². The number of aromatic nitrogens is 3. The smallest absolute Gasteiger partial charge is 0.406 e. The molecule has 0 N–H and O–H groups in total. The lowest BCUT2D eigenvalue weighted by atomic mass is 10.1. The Morgan fingerprint density at radius 3 is 2.75 bits per heavy atom. The highest BCUT2D eigenvalue weighted by molar-refractivity contribution is 5.58. The van der Waals surface area contributed by atoms with Gasteiger partial charge in [-0.2, -0.15) is 5.10 Å². The highest BCUT2D eigenvalue weighted by Crippen LogP contribution is 2.26. The summed E-state index contributed by atoms with van der Waals surface area (Å²) in [6, 6.07) is 12.1. The summed E-state index contributed by atoms with van der Waals surface area (Å²) in [7, 11) is 0. The van der Waals surface area contributed by atoms with E-state index >= 15 is 0 Å². The number of alkyl halides is 3. The van der Waals surface area contributed by atoms with Gasteiger partial charge in [0.1, 0.15) is 11.4 Å². The van der Waals surface area contributed by atoms with Crippen molar-refractivity contribution in [1.82, 2.24) is 19.7 Å². The van der Waals surface area contributed by atoms with Crippen molar-refractivity contribution in [2.24, 2.45) is 0 Å². The van der Waals surface area contributed by atoms with Gasteiger partial charge >= 0.3 is 6.36 Å². The molecule has 0 radical (unpaired) electrons. The summed E-state index contributed by atoms with van der Waals surface area (Å²) in [4.78, 5) is 6.60. The summed E-state index contributed by atoms with van der Waals surface area (Å²) in [5.41, 5.74) is 4.62. The standard InChI is InChI=1S/C20H19F3N4O/c1-14-4-3-7-24-19(14)18-11-16-13-26(8-9-27(16)25-18)12-15-5-2-6-17(10-15)28-20(21,22)23/h2-7,10-11H,8-9,12-13H2,1H3. The number of rotatable bonds is 4. The van der Waals surface area contributed by atoms with Crippen LogP contribution in [-0.2, 0) is 19.6 Å². The number of hydrogen-bond donors (Lipinski definition) is 0. The highest BCUT2D eigenvalue weighted by Gasteiger charge is 2.31. The molecule has 0 saturated heterocycles. The van der Waals surface area contributed by atoms with Gasteiger partial charge in [-0.15, -0.1) is 13.2 Å². The highest BCUT2D eigenvalue weighted by atomic mass is 19.4. The molecular weight excluding hydrogens is 369 g/mol. The van der Waals surface area contributed by atoms with E-state index in [0.29, 0.717) is 13.1 Å². The van der Waals surface area contributed by atoms with Crippen molar-refractivity contribution in [3.63, 3.8) is 0 Å². The fraction of sp³-hybridized carbons (Fsp3) is 0.300. The summed E-state index contributed by atoms with van der Waals surface area (Å²) in [6.07, 6.45) is -2.93. The van der Waals surface area contributed by atoms with E-state index in [2.05, 4.69) is 19.7 Å². The first-order chi connectivity index (χ1) is 13.4. The minimum atomic E-state index is -4.68. The van der Waals surface area contributed by atoms with Crippen molar-refractivity contribution >= 4 is 0 Å². The third-order valence-electron chi connectivity index (χ3n) is 4.67. The molecule has 0 amide bonds. The Kier molecular flexibility index (Phi) is 4.80. The van der Waals surface area contributed by atoms with Crippen LogP contribution in [0.5, 0.6) is 5.75 Å². The Balaban J connectivity index is 1.48. The fourth-order valence-corrected chi connectivity index (χ4v) is 3.42. The second-order valence-corrected chi connectivity index (χ2v) is 6.82. The third-order valence-corrected chi connectivity index (χ3v) is 4.67. The molecule has 4 rings (SSSR count). The predicted octanol–water partition coefficient (Wildman–Crippen LogP) is 4.17. The SMILES string of the molecule is Cc1cccnc1-c1cc2n(n1)CCN(Cc1cccc(OC(F)(F)F)c1)C2. The molecule has 5 nitrogen and oxygen atoms in total. The number of benzene rings is 1. The zero-order valence-electron chi connectivity index (χ0n) is 15.3. The minimum absolute atomic E-state index is 0.194. The number of nitrogens with zero attached hydrogens (tertiary/aromatic N) is 4. The van der Waals surface area contributed by atoms with Crippen molar-refractivity contribution in [1.29, 1.82) is 0 Å². The Hall–Kier alpha value is -2.87. The third kappa shape index (κ3) is 4.17. The average molecular weight is 388 g/mol. The minimum Gasteiger partial charge on any atom is -0.406 e. The van der Waals surface area contributed by atoms with Crippen LogP contribution in [0.2, 0.25) is 0 Å². The molecule has 3 aromatic rings. The molecule has 1 aliphatic heterocycles. The van der Waals surface area contributed by atoms with Crippen LogP contribution < -0.4 is 4.74 Å². The van der Waals surface area contributed by atoms with E-state index in [-0.39, 0.29) is 5.75 Å². The molecule has 0 bridgehead atoms. The quantitative estimate of drug-likeness (QED) is 0.673. The van der Waals surface area contributed by atoms with Gasteiger partial charge in [0.15, 0.2) is 0 Å². The predicted molar refractivity (Wildman–Crippen MR) is 97.4 cm³/mol. The summed E-state index contributed by atoms with van der Waals surface area (Å²) >= 11 is 0. The van der Waals surface area contributed by atoms with Gasteiger partial charge in [-0.3, -0.25) is 14.6 Å². The number of ether oxygens (including phenoxy) is 1. The zero-order valence-corrected chi connectivity index (χ0v) is 15.3. The molecule has 0 aliphatic carbocycles. The van der Waals surface area contributed by atoms with Crippen LogP contribution >= 0.6 is 0 Å². The number of pyridine rings is 1. The van der Waals surface area contributed by atoms with Crippen molar-refractivity contribution in [3.05, 3.63) is 65.5 Å². The first-order valence-electron chi connectivity index (χ1n) is 8.93. The monoisotopic (exact) mass is 388 g/mol. The van der Waals surface area contributed by atoms with Crippen LogP contribution in [-0.4, -0.2) is 32.6 Å². The Labute approximate surface area is 160 Å². The number of aryl methyl sites for hydroxylation is 1. The summed E-state index contributed by atoms with van der Waals surface area (Å²) in [6.45, 7) is 4.70. The molecule has 0 atom stereocenters. The van der Waals surface area contributed by atoms with Crippen LogP contribution in [0.3, 0.4) is 0 Å². The molecule has 8 heteroatoms. The molecule has 0 saturated carbocycles. The van der Waals surface area contributed by atoms with Crippen molar-refractivity contribution in [2.45, 2.75) is 32.9 Å². The Morgan fingerprint density at radius 2 is 1.96 bits per heavy atom. The summed E-state index contributed by atoms with van der Waals surface area (Å²) < 4.78 is 43.2. The van der Waals surface area contributed by atoms with Gasteiger partial charge in [0.25, 0.3) is 0 Å². The average Bonchev–Trinajstić information content (AvgIpc) is 3.04. The largest absolute Gasteiger partial charge is 0.573 e. The van der Waals surface area contributed by atoms with Gasteiger partial charge in [-0.1, -0.05) is 18.2 Å². The zero-order chi connectivity index (χ0) is 19.7. The number of fused-ring (bicyclic) bond motifs is 1. The number of hydrogen-bond acceptors (Lipinski definition) is 4. The van der Waals surface area contributed by atoms with Gasteiger partial charge in [-0.05, 0) is 42.3 Å². The van der Waals surface area contributed by atoms with E-state index in [1.54, 1.807) is 18.3 Å². The first kappa shape index (κ1) is 18.5. The van der Waals surface area contributed by atoms with Crippen LogP contribution in [0.1, 0.15) is 16.8 Å². The normalized spacial score (nSPS) is 14.7. The van der Waals surface area contributed by atoms with Crippen LogP contribution in [0.4, 0.5) is 13.2 Å². The van der Waals surface area contributed by atoms with Gasteiger partial charge < -0.3 is 4.74 Å². The summed E-state index contributed by atoms with van der Waals surface area (Å²) in [5.74, 6) is -0.194. The Bertz CT molecular complexity index is 984. The first-order valence-corrected chi connectivity index (χ1v) is 8.93. The van der Waals surface area contributed by atoms with Crippen LogP contribution in [0, 0.1) is 6.92 Å². The van der Waals surface area contributed by atoms with E-state index in [4.69, 9.17) is 0 Å². The fourth-order valence-electron chi connectivity index (χ4n) is 3.42. The van der Waals surface area contributed by atoms with E-state index < -0.39 is 6.36 Å². The molecule has 0 spiro atoms. The maximum atomic E-state index is 12.4. The molecule has 1 aromatic carbocycles. The number of halogens is 3. The molecule has 0 fully saturated rings. The van der Waals surface area contributed by atoms with Gasteiger partial charge in [-0.25, -0.2) is 0 Å². The lowest BCUT2D eigenvalue weighted by molar-refractivity contribution is -0.274. The van der Waals surface area contributed by atoms with Crippen LogP contribution in [0.15, 0.2) is 48.7 Å². The molecule has 28 heavy (non-hydrogen) atoms. The van der Waals surface area contributed by atoms with E-state index in [1.165, 1.54) is 12.1 Å². The van der Waals surface area contributed by atoms with Gasteiger partial charge in [0, 0.05) is 25.8 Å². The molecule has 2 aromatic heterocycles. The molecule has 3 heterocycles. The lowest BCUT2D eigenvalue weighted by Crippen LogP contribution is -2.33. The lowest BCUT2D eigenvalue weighted by Gasteiger charge is -2.27. The molecule has 146 valence electrons. The second-order valence-electron chi connectivity index (χ2n) is 6.82. The maximum absolute atomic E-state index is 12.4.